The summed E-state index contributed by atoms with van der Waals surface area (Å²) in [5.74, 6) is -0.602. The Balaban J connectivity index is 2.57. The summed E-state index contributed by atoms with van der Waals surface area (Å²) in [6.07, 6.45) is -4.87. The number of hydrogen-bond acceptors (Lipinski definition) is 1. The molecule has 78 valence electrons. The van der Waals surface area contributed by atoms with E-state index in [1.54, 1.807) is 0 Å². The predicted molar refractivity (Wildman–Crippen MR) is 43.2 cm³/mol. The van der Waals surface area contributed by atoms with E-state index in [1.807, 2.05) is 13.8 Å². The normalized spacial score (nSPS) is 30.5. The zero-order valence-electron chi connectivity index (χ0n) is 7.86. The molecule has 1 rings (SSSR count). The molecule has 1 aliphatic rings. The van der Waals surface area contributed by atoms with Crippen LogP contribution in [-0.4, -0.2) is 17.4 Å². The molecule has 0 heterocycles. The van der Waals surface area contributed by atoms with Crippen molar-refractivity contribution in [2.24, 2.45) is 11.3 Å². The van der Waals surface area contributed by atoms with Crippen LogP contribution in [0.1, 0.15) is 33.1 Å². The van der Waals surface area contributed by atoms with Gasteiger partial charge in [-0.3, -0.25) is 0 Å². The minimum atomic E-state index is -4.45. The Kier molecular flexibility index (Phi) is 2.63. The van der Waals surface area contributed by atoms with Gasteiger partial charge in [0.05, 0.1) is 0 Å². The molecule has 0 saturated heterocycles. The summed E-state index contributed by atoms with van der Waals surface area (Å²) in [5.41, 5.74) is -0.0447. The van der Waals surface area contributed by atoms with Gasteiger partial charge in [-0.2, -0.15) is 13.2 Å². The van der Waals surface area contributed by atoms with Gasteiger partial charge in [-0.15, -0.1) is 0 Å². The average Bonchev–Trinajstić information content (AvgIpc) is 2.26. The average molecular weight is 196 g/mol. The Morgan fingerprint density at radius 3 is 2.23 bits per heavy atom. The van der Waals surface area contributed by atoms with Gasteiger partial charge in [0.25, 0.3) is 0 Å². The Hall–Kier alpha value is -0.250. The highest BCUT2D eigenvalue weighted by Crippen LogP contribution is 2.45. The number of rotatable bonds is 1. The van der Waals surface area contributed by atoms with E-state index in [0.717, 1.165) is 6.42 Å². The summed E-state index contributed by atoms with van der Waals surface area (Å²) in [6.45, 7) is 3.88. The Labute approximate surface area is 75.9 Å². The van der Waals surface area contributed by atoms with Crippen LogP contribution in [0.2, 0.25) is 0 Å². The van der Waals surface area contributed by atoms with Crippen molar-refractivity contribution in [2.45, 2.75) is 45.4 Å². The molecule has 1 aliphatic carbocycles. The van der Waals surface area contributed by atoms with E-state index in [0.29, 0.717) is 12.8 Å². The molecule has 4 heteroatoms. The van der Waals surface area contributed by atoms with Crippen LogP contribution in [0.5, 0.6) is 0 Å². The SMILES string of the molecule is CC1(C)CCC([C@@H](O)C(F)(F)F)C1. The van der Waals surface area contributed by atoms with Gasteiger partial charge in [-0.1, -0.05) is 13.8 Å². The second kappa shape index (κ2) is 3.15. The van der Waals surface area contributed by atoms with Gasteiger partial charge in [-0.25, -0.2) is 0 Å². The summed E-state index contributed by atoms with van der Waals surface area (Å²) in [5, 5.41) is 8.99. The van der Waals surface area contributed by atoms with Crippen molar-refractivity contribution < 1.29 is 18.3 Å². The fraction of sp³-hybridized carbons (Fsp3) is 1.00. The topological polar surface area (TPSA) is 20.2 Å². The molecule has 1 nitrogen and oxygen atoms in total. The van der Waals surface area contributed by atoms with Crippen LogP contribution in [0.15, 0.2) is 0 Å². The van der Waals surface area contributed by atoms with Crippen molar-refractivity contribution >= 4 is 0 Å². The molecule has 0 aromatic rings. The molecule has 1 N–H and O–H groups in total. The lowest BCUT2D eigenvalue weighted by Crippen LogP contribution is -2.35. The third-order valence-electron chi connectivity index (χ3n) is 2.79. The number of aliphatic hydroxyl groups excluding tert-OH is 1. The zero-order chi connectivity index (χ0) is 10.3. The van der Waals surface area contributed by atoms with Gasteiger partial charge < -0.3 is 5.11 Å². The minimum Gasteiger partial charge on any atom is -0.383 e. The summed E-state index contributed by atoms with van der Waals surface area (Å²) in [4.78, 5) is 0. The van der Waals surface area contributed by atoms with E-state index in [9.17, 15) is 13.2 Å². The van der Waals surface area contributed by atoms with Crippen molar-refractivity contribution in [3.8, 4) is 0 Å². The molecule has 1 saturated carbocycles. The van der Waals surface area contributed by atoms with Crippen molar-refractivity contribution in [1.82, 2.24) is 0 Å². The van der Waals surface area contributed by atoms with E-state index in [4.69, 9.17) is 5.11 Å². The second-order valence-electron chi connectivity index (χ2n) is 4.65. The van der Waals surface area contributed by atoms with Gasteiger partial charge in [0.15, 0.2) is 6.10 Å². The summed E-state index contributed by atoms with van der Waals surface area (Å²) >= 11 is 0. The molecule has 1 fully saturated rings. The summed E-state index contributed by atoms with van der Waals surface area (Å²) < 4.78 is 36.3. The molecular formula is C9H15F3O. The smallest absolute Gasteiger partial charge is 0.383 e. The first kappa shape index (κ1) is 10.8. The van der Waals surface area contributed by atoms with Crippen molar-refractivity contribution in [3.05, 3.63) is 0 Å². The Morgan fingerprint density at radius 2 is 1.92 bits per heavy atom. The number of alkyl halides is 3. The van der Waals surface area contributed by atoms with Gasteiger partial charge in [0, 0.05) is 0 Å². The fourth-order valence-corrected chi connectivity index (χ4v) is 2.03. The van der Waals surface area contributed by atoms with Gasteiger partial charge in [-0.05, 0) is 30.6 Å². The molecule has 0 amide bonds. The maximum atomic E-state index is 12.1. The first-order valence-electron chi connectivity index (χ1n) is 4.47. The number of halogens is 3. The number of aliphatic hydroxyl groups is 1. The molecule has 0 spiro atoms. The highest BCUT2D eigenvalue weighted by atomic mass is 19.4. The molecule has 0 aromatic heterocycles. The highest BCUT2D eigenvalue weighted by Gasteiger charge is 2.47. The van der Waals surface area contributed by atoms with Crippen LogP contribution in [0, 0.1) is 11.3 Å². The zero-order valence-corrected chi connectivity index (χ0v) is 7.86. The Morgan fingerprint density at radius 1 is 1.38 bits per heavy atom. The minimum absolute atomic E-state index is 0.0447. The van der Waals surface area contributed by atoms with Crippen molar-refractivity contribution in [3.63, 3.8) is 0 Å². The number of hydrogen-bond donors (Lipinski definition) is 1. The van der Waals surface area contributed by atoms with Crippen molar-refractivity contribution in [2.75, 3.05) is 0 Å². The van der Waals surface area contributed by atoms with E-state index in [-0.39, 0.29) is 5.41 Å². The third-order valence-corrected chi connectivity index (χ3v) is 2.79. The van der Waals surface area contributed by atoms with E-state index in [1.165, 1.54) is 0 Å². The maximum absolute atomic E-state index is 12.1. The van der Waals surface area contributed by atoms with Gasteiger partial charge in [0.2, 0.25) is 0 Å². The molecule has 0 bridgehead atoms. The third kappa shape index (κ3) is 2.59. The standard InChI is InChI=1S/C9H15F3O/c1-8(2)4-3-6(5-8)7(13)9(10,11)12/h6-7,13H,3-5H2,1-2H3/t6?,7-/m1/s1. The van der Waals surface area contributed by atoms with Crippen LogP contribution in [-0.2, 0) is 0 Å². The van der Waals surface area contributed by atoms with Crippen LogP contribution < -0.4 is 0 Å². The van der Waals surface area contributed by atoms with E-state index in [2.05, 4.69) is 0 Å². The van der Waals surface area contributed by atoms with E-state index < -0.39 is 18.2 Å². The van der Waals surface area contributed by atoms with Crippen LogP contribution >= 0.6 is 0 Å². The first-order chi connectivity index (χ1) is 5.72. The summed E-state index contributed by atoms with van der Waals surface area (Å²) in [7, 11) is 0. The summed E-state index contributed by atoms with van der Waals surface area (Å²) in [6, 6.07) is 0. The second-order valence-corrected chi connectivity index (χ2v) is 4.65. The molecule has 13 heavy (non-hydrogen) atoms. The monoisotopic (exact) mass is 196 g/mol. The van der Waals surface area contributed by atoms with Gasteiger partial charge >= 0.3 is 6.18 Å². The van der Waals surface area contributed by atoms with Crippen molar-refractivity contribution in [1.29, 1.82) is 0 Å². The lowest BCUT2D eigenvalue weighted by atomic mass is 9.89. The lowest BCUT2D eigenvalue weighted by molar-refractivity contribution is -0.219. The first-order valence-corrected chi connectivity index (χ1v) is 4.47. The van der Waals surface area contributed by atoms with Crippen LogP contribution in [0.25, 0.3) is 0 Å². The molecule has 0 aromatic carbocycles. The Bertz CT molecular complexity index is 186. The quantitative estimate of drug-likeness (QED) is 0.683. The van der Waals surface area contributed by atoms with Crippen LogP contribution in [0.3, 0.4) is 0 Å². The molecule has 0 radical (unpaired) electrons. The van der Waals surface area contributed by atoms with E-state index >= 15 is 0 Å². The molecule has 2 atom stereocenters. The fourth-order valence-electron chi connectivity index (χ4n) is 2.03. The molecular weight excluding hydrogens is 181 g/mol. The molecule has 0 aliphatic heterocycles. The maximum Gasteiger partial charge on any atom is 0.414 e. The van der Waals surface area contributed by atoms with Gasteiger partial charge in [0.1, 0.15) is 0 Å². The van der Waals surface area contributed by atoms with Crippen LogP contribution in [0.4, 0.5) is 13.2 Å². The lowest BCUT2D eigenvalue weighted by Gasteiger charge is -2.22. The highest BCUT2D eigenvalue weighted by molar-refractivity contribution is 4.88. The largest absolute Gasteiger partial charge is 0.414 e. The molecule has 1 unspecified atom stereocenters. The predicted octanol–water partition coefficient (Wildman–Crippen LogP) is 2.74.